The van der Waals surface area contributed by atoms with Crippen LogP contribution in [0.2, 0.25) is 0 Å². The molecule has 2 aliphatic heterocycles. The van der Waals surface area contributed by atoms with Gasteiger partial charge in [0.25, 0.3) is 5.91 Å². The topological polar surface area (TPSA) is 86.8 Å². The largest absolute Gasteiger partial charge is 0.332 e. The van der Waals surface area contributed by atoms with Gasteiger partial charge < -0.3 is 10.2 Å². The number of nitrogens with one attached hydrogen (secondary N) is 2. The highest BCUT2D eigenvalue weighted by Gasteiger charge is 2.29. The van der Waals surface area contributed by atoms with Crippen molar-refractivity contribution in [2.45, 2.75) is 63.8 Å². The third-order valence-electron chi connectivity index (χ3n) is 6.41. The molecule has 0 unspecified atom stereocenters. The molecule has 3 aliphatic rings. The zero-order valence-corrected chi connectivity index (χ0v) is 16.3. The number of nitrogens with zero attached hydrogens (tertiary/aromatic N) is 4. The summed E-state index contributed by atoms with van der Waals surface area (Å²) in [7, 11) is 0. The number of fused-ring (bicyclic) bond motifs is 2. The van der Waals surface area contributed by atoms with Gasteiger partial charge in [0, 0.05) is 55.0 Å². The summed E-state index contributed by atoms with van der Waals surface area (Å²) in [5.74, 6) is 1.42. The quantitative estimate of drug-likeness (QED) is 0.780. The fraction of sp³-hybridized carbons (Fsp3) is 0.619. The summed E-state index contributed by atoms with van der Waals surface area (Å²) in [4.78, 5) is 24.6. The Morgan fingerprint density at radius 2 is 2.07 bits per heavy atom. The van der Waals surface area contributed by atoms with E-state index in [0.717, 1.165) is 73.5 Å². The molecule has 0 aromatic carbocycles. The molecule has 1 aliphatic carbocycles. The van der Waals surface area contributed by atoms with Crippen molar-refractivity contribution < 1.29 is 4.79 Å². The van der Waals surface area contributed by atoms with E-state index in [-0.39, 0.29) is 5.91 Å². The lowest BCUT2D eigenvalue weighted by atomic mass is 9.98. The zero-order valence-electron chi connectivity index (χ0n) is 16.3. The molecule has 0 saturated carbocycles. The number of hydrogen-bond acceptors (Lipinski definition) is 5. The SMILES string of the molecule is O=C(c1n[nH]c2c1CCCCC2)N1CCc2nc([C@H]3CCCNC3)ncc2C1. The highest BCUT2D eigenvalue weighted by atomic mass is 16.2. The Balaban J connectivity index is 1.33. The van der Waals surface area contributed by atoms with E-state index in [1.165, 1.54) is 19.3 Å². The monoisotopic (exact) mass is 380 g/mol. The van der Waals surface area contributed by atoms with Crippen LogP contribution in [0.3, 0.4) is 0 Å². The number of carbonyl (C=O) groups excluding carboxylic acids is 1. The third-order valence-corrected chi connectivity index (χ3v) is 6.41. The van der Waals surface area contributed by atoms with Gasteiger partial charge in [-0.25, -0.2) is 9.97 Å². The summed E-state index contributed by atoms with van der Waals surface area (Å²) in [5, 5.41) is 10.9. The lowest BCUT2D eigenvalue weighted by molar-refractivity contribution is 0.0726. The molecule has 2 aromatic heterocycles. The minimum atomic E-state index is 0.0469. The lowest BCUT2D eigenvalue weighted by Crippen LogP contribution is -2.37. The van der Waals surface area contributed by atoms with Crippen LogP contribution in [0.1, 0.15) is 76.8 Å². The van der Waals surface area contributed by atoms with Crippen LogP contribution in [-0.4, -0.2) is 50.6 Å². The van der Waals surface area contributed by atoms with Gasteiger partial charge >= 0.3 is 0 Å². The standard InChI is InChI=1S/C21H28N6O/c28-21(19-16-6-2-1-3-7-18(16)25-26-19)27-10-8-17-15(13-27)12-23-20(24-17)14-5-4-9-22-11-14/h12,14,22H,1-11,13H2,(H,25,26)/t14-/m0/s1. The first kappa shape index (κ1) is 17.8. The minimum absolute atomic E-state index is 0.0469. The number of rotatable bonds is 2. The van der Waals surface area contributed by atoms with Gasteiger partial charge in [-0.3, -0.25) is 9.89 Å². The molecule has 1 amide bonds. The molecular weight excluding hydrogens is 352 g/mol. The summed E-state index contributed by atoms with van der Waals surface area (Å²) >= 11 is 0. The summed E-state index contributed by atoms with van der Waals surface area (Å²) < 4.78 is 0. The highest BCUT2D eigenvalue weighted by Crippen LogP contribution is 2.26. The van der Waals surface area contributed by atoms with Crippen molar-refractivity contribution in [2.75, 3.05) is 19.6 Å². The van der Waals surface area contributed by atoms with Crippen LogP contribution < -0.4 is 5.32 Å². The first-order chi connectivity index (χ1) is 13.8. The highest BCUT2D eigenvalue weighted by molar-refractivity contribution is 5.94. The molecule has 1 atom stereocenters. The Morgan fingerprint density at radius 3 is 2.96 bits per heavy atom. The van der Waals surface area contributed by atoms with Gasteiger partial charge in [-0.05, 0) is 45.1 Å². The van der Waals surface area contributed by atoms with Crippen LogP contribution in [0.4, 0.5) is 0 Å². The number of carbonyl (C=O) groups is 1. The Kier molecular flexibility index (Phi) is 4.84. The molecule has 1 saturated heterocycles. The number of amides is 1. The van der Waals surface area contributed by atoms with Crippen LogP contribution in [0.5, 0.6) is 0 Å². The summed E-state index contributed by atoms with van der Waals surface area (Å²) in [6, 6.07) is 0. The number of piperidine rings is 1. The smallest absolute Gasteiger partial charge is 0.274 e. The van der Waals surface area contributed by atoms with E-state index >= 15 is 0 Å². The second-order valence-corrected chi connectivity index (χ2v) is 8.31. The van der Waals surface area contributed by atoms with E-state index in [0.29, 0.717) is 24.7 Å². The summed E-state index contributed by atoms with van der Waals surface area (Å²) in [6.45, 7) is 3.34. The molecule has 7 heteroatoms. The molecule has 0 bridgehead atoms. The van der Waals surface area contributed by atoms with Crippen molar-refractivity contribution in [1.82, 2.24) is 30.4 Å². The van der Waals surface area contributed by atoms with Crippen molar-refractivity contribution in [2.24, 2.45) is 0 Å². The molecule has 1 fully saturated rings. The van der Waals surface area contributed by atoms with E-state index in [1.54, 1.807) is 0 Å². The Bertz CT molecular complexity index is 870. The first-order valence-corrected chi connectivity index (χ1v) is 10.7. The van der Waals surface area contributed by atoms with E-state index in [1.807, 2.05) is 11.1 Å². The fourth-order valence-corrected chi connectivity index (χ4v) is 4.76. The maximum atomic E-state index is 13.2. The van der Waals surface area contributed by atoms with Gasteiger partial charge in [-0.15, -0.1) is 0 Å². The lowest BCUT2D eigenvalue weighted by Gasteiger charge is -2.29. The van der Waals surface area contributed by atoms with Crippen molar-refractivity contribution >= 4 is 5.91 Å². The summed E-state index contributed by atoms with van der Waals surface area (Å²) in [5.41, 5.74) is 5.12. The molecule has 28 heavy (non-hydrogen) atoms. The predicted octanol–water partition coefficient (Wildman–Crippen LogP) is 2.13. The molecule has 2 N–H and O–H groups in total. The molecular formula is C21H28N6O. The number of hydrogen-bond donors (Lipinski definition) is 2. The van der Waals surface area contributed by atoms with Gasteiger partial charge in [-0.1, -0.05) is 6.42 Å². The van der Waals surface area contributed by atoms with E-state index in [4.69, 9.17) is 4.98 Å². The molecule has 4 heterocycles. The molecule has 2 aromatic rings. The molecule has 7 nitrogen and oxygen atoms in total. The Labute approximate surface area is 165 Å². The predicted molar refractivity (Wildman–Crippen MR) is 105 cm³/mol. The third kappa shape index (κ3) is 3.32. The van der Waals surface area contributed by atoms with Crippen LogP contribution in [0, 0.1) is 0 Å². The van der Waals surface area contributed by atoms with E-state index in [2.05, 4.69) is 20.5 Å². The van der Waals surface area contributed by atoms with Crippen molar-refractivity contribution in [1.29, 1.82) is 0 Å². The number of aromatic nitrogens is 4. The maximum absolute atomic E-state index is 13.2. The van der Waals surface area contributed by atoms with Gasteiger partial charge in [0.2, 0.25) is 0 Å². The first-order valence-electron chi connectivity index (χ1n) is 10.7. The Hall–Kier alpha value is -2.28. The van der Waals surface area contributed by atoms with Crippen molar-refractivity contribution in [3.63, 3.8) is 0 Å². The van der Waals surface area contributed by atoms with E-state index in [9.17, 15) is 4.79 Å². The number of H-pyrrole nitrogens is 1. The number of aryl methyl sites for hydroxylation is 1. The second-order valence-electron chi connectivity index (χ2n) is 8.31. The van der Waals surface area contributed by atoms with Crippen molar-refractivity contribution in [3.8, 4) is 0 Å². The van der Waals surface area contributed by atoms with Gasteiger partial charge in [-0.2, -0.15) is 5.10 Å². The van der Waals surface area contributed by atoms with Gasteiger partial charge in [0.05, 0.1) is 5.69 Å². The van der Waals surface area contributed by atoms with Crippen molar-refractivity contribution in [3.05, 3.63) is 40.2 Å². The second kappa shape index (κ2) is 7.62. The van der Waals surface area contributed by atoms with E-state index < -0.39 is 0 Å². The number of aromatic amines is 1. The van der Waals surface area contributed by atoms with Gasteiger partial charge in [0.1, 0.15) is 5.82 Å². The van der Waals surface area contributed by atoms with Crippen LogP contribution in [0.15, 0.2) is 6.20 Å². The maximum Gasteiger partial charge on any atom is 0.274 e. The average molecular weight is 380 g/mol. The molecule has 0 radical (unpaired) electrons. The molecule has 148 valence electrons. The zero-order chi connectivity index (χ0) is 18.9. The van der Waals surface area contributed by atoms with Crippen LogP contribution in [0.25, 0.3) is 0 Å². The van der Waals surface area contributed by atoms with Gasteiger partial charge in [0.15, 0.2) is 5.69 Å². The van der Waals surface area contributed by atoms with Crippen LogP contribution >= 0.6 is 0 Å². The normalized spacial score (nSPS) is 22.3. The molecule has 0 spiro atoms. The minimum Gasteiger partial charge on any atom is -0.332 e. The fourth-order valence-electron chi connectivity index (χ4n) is 4.76. The Morgan fingerprint density at radius 1 is 1.14 bits per heavy atom. The average Bonchev–Trinajstić information content (AvgIpc) is 3.01. The molecule has 5 rings (SSSR count). The summed E-state index contributed by atoms with van der Waals surface area (Å²) in [6.07, 6.45) is 10.6. The van der Waals surface area contributed by atoms with Crippen LogP contribution in [-0.2, 0) is 25.8 Å².